The van der Waals surface area contributed by atoms with Crippen molar-refractivity contribution < 1.29 is 23.5 Å². The fraction of sp³-hybridized carbons (Fsp3) is 0.250. The van der Waals surface area contributed by atoms with Crippen molar-refractivity contribution in [3.05, 3.63) is 47.4 Å². The minimum absolute atomic E-state index is 0.232. The predicted octanol–water partition coefficient (Wildman–Crippen LogP) is 1.39. The fourth-order valence-corrected chi connectivity index (χ4v) is 1.96. The number of amides is 2. The van der Waals surface area contributed by atoms with Gasteiger partial charge in [-0.25, -0.2) is 0 Å². The Labute approximate surface area is 133 Å². The van der Waals surface area contributed by atoms with E-state index in [4.69, 9.17) is 19.6 Å². The molecule has 23 heavy (non-hydrogen) atoms. The van der Waals surface area contributed by atoms with Crippen LogP contribution in [-0.2, 0) is 11.3 Å². The molecule has 0 unspecified atom stereocenters. The number of nitrogens with one attached hydrogen (secondary N) is 1. The highest BCUT2D eigenvalue weighted by Gasteiger charge is 2.13. The third-order valence-corrected chi connectivity index (χ3v) is 3.12. The molecule has 0 spiro atoms. The maximum Gasteiger partial charge on any atom is 0.287 e. The van der Waals surface area contributed by atoms with Crippen LogP contribution in [0.15, 0.2) is 34.9 Å². The molecule has 0 aliphatic heterocycles. The van der Waals surface area contributed by atoms with Crippen LogP contribution in [0, 0.1) is 6.92 Å². The van der Waals surface area contributed by atoms with Crippen molar-refractivity contribution in [2.24, 2.45) is 5.73 Å². The molecule has 0 saturated heterocycles. The maximum absolute atomic E-state index is 12.0. The SMILES string of the molecule is COc1cc(CNC(=O)c2occc2C)ccc1OCC(N)=O. The molecule has 2 amide bonds. The van der Waals surface area contributed by atoms with E-state index in [1.165, 1.54) is 13.4 Å². The van der Waals surface area contributed by atoms with Crippen molar-refractivity contribution in [3.8, 4) is 11.5 Å². The lowest BCUT2D eigenvalue weighted by Gasteiger charge is -2.11. The van der Waals surface area contributed by atoms with Gasteiger partial charge >= 0.3 is 0 Å². The first kappa shape index (κ1) is 16.4. The normalized spacial score (nSPS) is 10.2. The van der Waals surface area contributed by atoms with E-state index in [-0.39, 0.29) is 12.5 Å². The summed E-state index contributed by atoms with van der Waals surface area (Å²) in [7, 11) is 1.49. The zero-order valence-corrected chi connectivity index (χ0v) is 12.9. The minimum Gasteiger partial charge on any atom is -0.493 e. The summed E-state index contributed by atoms with van der Waals surface area (Å²) in [6.07, 6.45) is 1.47. The number of furan rings is 1. The highest BCUT2D eigenvalue weighted by molar-refractivity contribution is 5.92. The third-order valence-electron chi connectivity index (χ3n) is 3.12. The molecule has 0 atom stereocenters. The van der Waals surface area contributed by atoms with Gasteiger partial charge in [0.15, 0.2) is 23.9 Å². The standard InChI is InChI=1S/C16H18N2O5/c1-10-5-6-22-15(10)16(20)18-8-11-3-4-12(13(7-11)21-2)23-9-14(17)19/h3-7H,8-9H2,1-2H3,(H2,17,19)(H,18,20). The van der Waals surface area contributed by atoms with Crippen LogP contribution in [0.25, 0.3) is 0 Å². The van der Waals surface area contributed by atoms with E-state index in [0.29, 0.717) is 23.8 Å². The Bertz CT molecular complexity index is 708. The van der Waals surface area contributed by atoms with E-state index in [0.717, 1.165) is 11.1 Å². The number of benzene rings is 1. The summed E-state index contributed by atoms with van der Waals surface area (Å²) in [5, 5.41) is 2.76. The Morgan fingerprint density at radius 2 is 2.04 bits per heavy atom. The van der Waals surface area contributed by atoms with Gasteiger partial charge in [0.2, 0.25) is 0 Å². The van der Waals surface area contributed by atoms with Crippen LogP contribution < -0.4 is 20.5 Å². The van der Waals surface area contributed by atoms with Crippen molar-refractivity contribution in [1.29, 1.82) is 0 Å². The fourth-order valence-electron chi connectivity index (χ4n) is 1.96. The monoisotopic (exact) mass is 318 g/mol. The summed E-state index contributed by atoms with van der Waals surface area (Å²) in [5.41, 5.74) is 6.62. The van der Waals surface area contributed by atoms with E-state index >= 15 is 0 Å². The zero-order valence-electron chi connectivity index (χ0n) is 12.9. The number of rotatable bonds is 7. The Kier molecular flexibility index (Phi) is 5.24. The Hall–Kier alpha value is -2.96. The van der Waals surface area contributed by atoms with Crippen LogP contribution in [0.3, 0.4) is 0 Å². The molecule has 3 N–H and O–H groups in total. The zero-order chi connectivity index (χ0) is 16.8. The van der Waals surface area contributed by atoms with Gasteiger partial charge in [-0.15, -0.1) is 0 Å². The molecule has 0 aliphatic carbocycles. The lowest BCUT2D eigenvalue weighted by atomic mass is 10.2. The summed E-state index contributed by atoms with van der Waals surface area (Å²) < 4.78 is 15.6. The summed E-state index contributed by atoms with van der Waals surface area (Å²) in [5.74, 6) is 0.284. The van der Waals surface area contributed by atoms with Gasteiger partial charge in [0.1, 0.15) is 0 Å². The van der Waals surface area contributed by atoms with Gasteiger partial charge in [-0.3, -0.25) is 9.59 Å². The molecule has 7 nitrogen and oxygen atoms in total. The first-order valence-corrected chi connectivity index (χ1v) is 6.91. The molecular weight excluding hydrogens is 300 g/mol. The molecule has 1 aromatic carbocycles. The smallest absolute Gasteiger partial charge is 0.287 e. The van der Waals surface area contributed by atoms with Gasteiger partial charge in [0.25, 0.3) is 11.8 Å². The highest BCUT2D eigenvalue weighted by Crippen LogP contribution is 2.28. The number of hydrogen-bond donors (Lipinski definition) is 2. The molecule has 0 saturated carbocycles. The van der Waals surface area contributed by atoms with Gasteiger partial charge in [-0.2, -0.15) is 0 Å². The lowest BCUT2D eigenvalue weighted by molar-refractivity contribution is -0.119. The largest absolute Gasteiger partial charge is 0.493 e. The number of methoxy groups -OCH3 is 1. The molecule has 0 radical (unpaired) electrons. The minimum atomic E-state index is -0.572. The Morgan fingerprint density at radius 3 is 2.65 bits per heavy atom. The van der Waals surface area contributed by atoms with Crippen LogP contribution in [0.2, 0.25) is 0 Å². The van der Waals surface area contributed by atoms with Crippen LogP contribution in [0.1, 0.15) is 21.7 Å². The number of carbonyl (C=O) groups is 2. The van der Waals surface area contributed by atoms with Gasteiger partial charge in [0.05, 0.1) is 13.4 Å². The van der Waals surface area contributed by atoms with E-state index in [1.54, 1.807) is 31.2 Å². The Morgan fingerprint density at radius 1 is 1.26 bits per heavy atom. The predicted molar refractivity (Wildman–Crippen MR) is 82.3 cm³/mol. The van der Waals surface area contributed by atoms with Crippen molar-refractivity contribution >= 4 is 11.8 Å². The number of aryl methyl sites for hydroxylation is 1. The van der Waals surface area contributed by atoms with Gasteiger partial charge in [-0.1, -0.05) is 6.07 Å². The molecule has 0 fully saturated rings. The average Bonchev–Trinajstić information content (AvgIpc) is 2.97. The van der Waals surface area contributed by atoms with E-state index < -0.39 is 5.91 Å². The Balaban J connectivity index is 2.02. The quantitative estimate of drug-likeness (QED) is 0.803. The third kappa shape index (κ3) is 4.26. The number of primary amides is 1. The van der Waals surface area contributed by atoms with E-state index in [2.05, 4.69) is 5.32 Å². The highest BCUT2D eigenvalue weighted by atomic mass is 16.5. The first-order chi connectivity index (χ1) is 11.0. The van der Waals surface area contributed by atoms with Crippen molar-refractivity contribution in [2.45, 2.75) is 13.5 Å². The van der Waals surface area contributed by atoms with Crippen molar-refractivity contribution in [2.75, 3.05) is 13.7 Å². The van der Waals surface area contributed by atoms with E-state index in [1.807, 2.05) is 0 Å². The first-order valence-electron chi connectivity index (χ1n) is 6.91. The summed E-state index contributed by atoms with van der Waals surface area (Å²) >= 11 is 0. The number of ether oxygens (including phenoxy) is 2. The van der Waals surface area contributed by atoms with Crippen molar-refractivity contribution in [1.82, 2.24) is 5.32 Å². The molecular formula is C16H18N2O5. The van der Waals surface area contributed by atoms with Gasteiger partial charge in [0, 0.05) is 12.1 Å². The van der Waals surface area contributed by atoms with Crippen LogP contribution >= 0.6 is 0 Å². The molecule has 1 aromatic heterocycles. The second-order valence-corrected chi connectivity index (χ2v) is 4.86. The molecule has 2 rings (SSSR count). The summed E-state index contributed by atoms with van der Waals surface area (Å²) in [6.45, 7) is 1.86. The second kappa shape index (κ2) is 7.35. The molecule has 1 heterocycles. The summed E-state index contributed by atoms with van der Waals surface area (Å²) in [6, 6.07) is 6.85. The number of hydrogen-bond acceptors (Lipinski definition) is 5. The maximum atomic E-state index is 12.0. The summed E-state index contributed by atoms with van der Waals surface area (Å²) in [4.78, 5) is 22.7. The topological polar surface area (TPSA) is 104 Å². The van der Waals surface area contributed by atoms with Crippen LogP contribution in [0.5, 0.6) is 11.5 Å². The van der Waals surface area contributed by atoms with E-state index in [9.17, 15) is 9.59 Å². The molecule has 0 aliphatic rings. The molecule has 122 valence electrons. The lowest BCUT2D eigenvalue weighted by Crippen LogP contribution is -2.23. The molecule has 7 heteroatoms. The number of carbonyl (C=O) groups excluding carboxylic acids is 2. The average molecular weight is 318 g/mol. The number of nitrogens with two attached hydrogens (primary N) is 1. The van der Waals surface area contributed by atoms with Crippen LogP contribution in [-0.4, -0.2) is 25.5 Å². The van der Waals surface area contributed by atoms with Gasteiger partial charge in [-0.05, 0) is 30.7 Å². The van der Waals surface area contributed by atoms with Crippen LogP contribution in [0.4, 0.5) is 0 Å². The van der Waals surface area contributed by atoms with Crippen molar-refractivity contribution in [3.63, 3.8) is 0 Å². The van der Waals surface area contributed by atoms with Gasteiger partial charge < -0.3 is 24.9 Å². The molecule has 0 bridgehead atoms. The molecule has 2 aromatic rings. The second-order valence-electron chi connectivity index (χ2n) is 4.86.